The van der Waals surface area contributed by atoms with Crippen molar-refractivity contribution in [2.75, 3.05) is 23.7 Å². The number of carbonyl (C=O) groups is 1. The Hall–Kier alpha value is -3.84. The summed E-state index contributed by atoms with van der Waals surface area (Å²) >= 11 is 0. The van der Waals surface area contributed by atoms with Gasteiger partial charge in [0.25, 0.3) is 5.91 Å². The second-order valence-electron chi connectivity index (χ2n) is 8.42. The zero-order valence-corrected chi connectivity index (χ0v) is 20.6. The van der Waals surface area contributed by atoms with Crippen LogP contribution >= 0.6 is 0 Å². The molecule has 4 aromatic rings. The number of nitrogens with zero attached hydrogens (tertiary/aromatic N) is 1. The van der Waals surface area contributed by atoms with Crippen LogP contribution in [0.2, 0.25) is 0 Å². The molecule has 0 aliphatic carbocycles. The number of hydrogen-bond acceptors (Lipinski definition) is 4. The van der Waals surface area contributed by atoms with Crippen LogP contribution in [0.15, 0.2) is 91.0 Å². The van der Waals surface area contributed by atoms with Crippen LogP contribution in [0.25, 0.3) is 10.8 Å². The highest BCUT2D eigenvalue weighted by molar-refractivity contribution is 7.92. The molecule has 7 heteroatoms. The number of rotatable bonds is 9. The molecule has 0 heterocycles. The van der Waals surface area contributed by atoms with Gasteiger partial charge < -0.3 is 10.1 Å². The molecule has 0 aliphatic rings. The first-order chi connectivity index (χ1) is 16.8. The number of anilines is 1. The topological polar surface area (TPSA) is 75.7 Å². The van der Waals surface area contributed by atoms with Gasteiger partial charge in [0.05, 0.1) is 25.0 Å². The fourth-order valence-electron chi connectivity index (χ4n) is 3.80. The van der Waals surface area contributed by atoms with Crippen LogP contribution in [0.3, 0.4) is 0 Å². The lowest BCUT2D eigenvalue weighted by atomic mass is 10.1. The van der Waals surface area contributed by atoms with Crippen LogP contribution in [-0.4, -0.2) is 33.7 Å². The predicted molar refractivity (Wildman–Crippen MR) is 140 cm³/mol. The molecule has 0 bridgehead atoms. The number of nitrogens with one attached hydrogen (secondary N) is 1. The normalized spacial score (nSPS) is 11.3. The van der Waals surface area contributed by atoms with Crippen molar-refractivity contribution in [2.45, 2.75) is 13.5 Å². The van der Waals surface area contributed by atoms with Gasteiger partial charge >= 0.3 is 0 Å². The maximum absolute atomic E-state index is 12.6. The molecule has 4 rings (SSSR count). The van der Waals surface area contributed by atoms with Crippen molar-refractivity contribution in [2.24, 2.45) is 0 Å². The van der Waals surface area contributed by atoms with E-state index in [1.54, 1.807) is 24.3 Å². The molecule has 180 valence electrons. The van der Waals surface area contributed by atoms with E-state index in [-0.39, 0.29) is 12.5 Å². The van der Waals surface area contributed by atoms with Crippen LogP contribution in [-0.2, 0) is 16.6 Å². The lowest BCUT2D eigenvalue weighted by molar-refractivity contribution is 0.0947. The third kappa shape index (κ3) is 6.39. The monoisotopic (exact) mass is 488 g/mol. The fourth-order valence-corrected chi connectivity index (χ4v) is 4.68. The summed E-state index contributed by atoms with van der Waals surface area (Å²) in [6, 6.07) is 28.1. The van der Waals surface area contributed by atoms with E-state index in [1.807, 2.05) is 73.7 Å². The zero-order chi connectivity index (χ0) is 24.8. The molecular formula is C28H28N2O4S. The number of fused-ring (bicyclic) bond motifs is 1. The molecule has 0 saturated carbocycles. The molecule has 1 N–H and O–H groups in total. The minimum absolute atomic E-state index is 0.170. The molecule has 0 saturated heterocycles. The first kappa shape index (κ1) is 24.3. The maximum atomic E-state index is 12.6. The molecule has 6 nitrogen and oxygen atoms in total. The van der Waals surface area contributed by atoms with Crippen molar-refractivity contribution in [1.82, 2.24) is 5.32 Å². The minimum atomic E-state index is -3.51. The van der Waals surface area contributed by atoms with Crippen LogP contribution in [0.5, 0.6) is 5.75 Å². The summed E-state index contributed by atoms with van der Waals surface area (Å²) in [5, 5.41) is 4.86. The molecule has 0 aliphatic heterocycles. The third-order valence-electron chi connectivity index (χ3n) is 5.61. The smallest absolute Gasteiger partial charge is 0.251 e. The summed E-state index contributed by atoms with van der Waals surface area (Å²) in [5.41, 5.74) is 2.99. The van der Waals surface area contributed by atoms with Gasteiger partial charge in [0.2, 0.25) is 10.0 Å². The molecule has 0 atom stereocenters. The summed E-state index contributed by atoms with van der Waals surface area (Å²) in [7, 11) is -3.51. The molecule has 0 aromatic heterocycles. The summed E-state index contributed by atoms with van der Waals surface area (Å²) in [4.78, 5) is 12.5. The second kappa shape index (κ2) is 10.6. The molecule has 35 heavy (non-hydrogen) atoms. The van der Waals surface area contributed by atoms with Crippen LogP contribution < -0.4 is 14.4 Å². The quantitative estimate of drug-likeness (QED) is 0.339. The second-order valence-corrected chi connectivity index (χ2v) is 10.3. The third-order valence-corrected chi connectivity index (χ3v) is 6.75. The standard InChI is InChI=1S/C28H28N2O4S/c1-21-6-5-9-27(18-21)34-17-16-29-28(31)24-12-10-22(11-13-24)20-30(35(2,32)33)26-15-14-23-7-3-4-8-25(23)19-26/h3-15,18-19H,16-17,20H2,1-2H3,(H,29,31). The maximum Gasteiger partial charge on any atom is 0.251 e. The van der Waals surface area contributed by atoms with Crippen molar-refractivity contribution in [3.8, 4) is 5.75 Å². The Bertz CT molecular complexity index is 1430. The summed E-state index contributed by atoms with van der Waals surface area (Å²) < 4.78 is 32.2. The lowest BCUT2D eigenvalue weighted by Gasteiger charge is -2.23. The Balaban J connectivity index is 1.38. The van der Waals surface area contributed by atoms with E-state index < -0.39 is 10.0 Å². The molecule has 0 radical (unpaired) electrons. The van der Waals surface area contributed by atoms with Crippen molar-refractivity contribution >= 4 is 32.4 Å². The van der Waals surface area contributed by atoms with Gasteiger partial charge in [-0.15, -0.1) is 0 Å². The van der Waals surface area contributed by atoms with Crippen molar-refractivity contribution in [3.05, 3.63) is 108 Å². The molecule has 0 fully saturated rings. The summed E-state index contributed by atoms with van der Waals surface area (Å²) in [6.45, 7) is 2.90. The van der Waals surface area contributed by atoms with Gasteiger partial charge in [-0.05, 0) is 65.2 Å². The van der Waals surface area contributed by atoms with Crippen molar-refractivity contribution in [3.63, 3.8) is 0 Å². The van der Waals surface area contributed by atoms with Crippen LogP contribution in [0, 0.1) is 6.92 Å². The van der Waals surface area contributed by atoms with Gasteiger partial charge in [0.15, 0.2) is 0 Å². The van der Waals surface area contributed by atoms with Crippen LogP contribution in [0.1, 0.15) is 21.5 Å². The van der Waals surface area contributed by atoms with E-state index >= 15 is 0 Å². The average molecular weight is 489 g/mol. The molecule has 1 amide bonds. The highest BCUT2D eigenvalue weighted by Crippen LogP contribution is 2.25. The van der Waals surface area contributed by atoms with Gasteiger partial charge in [-0.3, -0.25) is 9.10 Å². The van der Waals surface area contributed by atoms with E-state index in [9.17, 15) is 13.2 Å². The Morgan fingerprint density at radius 2 is 1.63 bits per heavy atom. The number of ether oxygens (including phenoxy) is 1. The Kier molecular flexibility index (Phi) is 7.36. The van der Waals surface area contributed by atoms with Crippen LogP contribution in [0.4, 0.5) is 5.69 Å². The SMILES string of the molecule is Cc1cccc(OCCNC(=O)c2ccc(CN(c3ccc4ccccc4c3)S(C)(=O)=O)cc2)c1. The van der Waals surface area contributed by atoms with Gasteiger partial charge in [-0.25, -0.2) is 8.42 Å². The van der Waals surface area contributed by atoms with Gasteiger partial charge in [0, 0.05) is 5.56 Å². The van der Waals surface area contributed by atoms with Crippen molar-refractivity contribution in [1.29, 1.82) is 0 Å². The molecule has 0 spiro atoms. The average Bonchev–Trinajstić information content (AvgIpc) is 2.84. The van der Waals surface area contributed by atoms with Gasteiger partial charge in [-0.1, -0.05) is 54.6 Å². The number of aryl methyl sites for hydroxylation is 1. The Labute approximate surface area is 206 Å². The van der Waals surface area contributed by atoms with Gasteiger partial charge in [0.1, 0.15) is 12.4 Å². The van der Waals surface area contributed by atoms with E-state index in [1.165, 1.54) is 10.6 Å². The number of hydrogen-bond donors (Lipinski definition) is 1. The van der Waals surface area contributed by atoms with Crippen molar-refractivity contribution < 1.29 is 17.9 Å². The van der Waals surface area contributed by atoms with Gasteiger partial charge in [-0.2, -0.15) is 0 Å². The van der Waals surface area contributed by atoms with E-state index in [0.29, 0.717) is 24.4 Å². The minimum Gasteiger partial charge on any atom is -0.492 e. The number of carbonyl (C=O) groups excluding carboxylic acids is 1. The predicted octanol–water partition coefficient (Wildman–Crippen LogP) is 4.92. The van der Waals surface area contributed by atoms with E-state index in [4.69, 9.17) is 4.74 Å². The largest absolute Gasteiger partial charge is 0.492 e. The number of amides is 1. The molecule has 4 aromatic carbocycles. The number of sulfonamides is 1. The summed E-state index contributed by atoms with van der Waals surface area (Å²) in [6.07, 6.45) is 1.20. The Morgan fingerprint density at radius 1 is 0.886 bits per heavy atom. The molecular weight excluding hydrogens is 460 g/mol. The first-order valence-electron chi connectivity index (χ1n) is 11.3. The van der Waals surface area contributed by atoms with E-state index in [2.05, 4.69) is 5.32 Å². The van der Waals surface area contributed by atoms with E-state index in [0.717, 1.165) is 27.6 Å². The Morgan fingerprint density at radius 3 is 2.34 bits per heavy atom. The lowest BCUT2D eigenvalue weighted by Crippen LogP contribution is -2.29. The summed E-state index contributed by atoms with van der Waals surface area (Å²) in [5.74, 6) is 0.560. The zero-order valence-electron chi connectivity index (χ0n) is 19.8. The highest BCUT2D eigenvalue weighted by atomic mass is 32.2. The highest BCUT2D eigenvalue weighted by Gasteiger charge is 2.18. The fraction of sp³-hybridized carbons (Fsp3) is 0.179. The molecule has 0 unspecified atom stereocenters. The number of benzene rings is 4. The first-order valence-corrected chi connectivity index (χ1v) is 13.2.